The molecular formula is C18H16BrClN4O4S2. The number of sulfonamides is 1. The fraction of sp³-hybridized carbons (Fsp3) is 0.278. The van der Waals surface area contributed by atoms with Gasteiger partial charge in [-0.2, -0.15) is 4.31 Å². The van der Waals surface area contributed by atoms with Gasteiger partial charge in [-0.25, -0.2) is 8.42 Å². The van der Waals surface area contributed by atoms with E-state index in [2.05, 4.69) is 31.4 Å². The van der Waals surface area contributed by atoms with E-state index in [-0.39, 0.29) is 35.8 Å². The van der Waals surface area contributed by atoms with Gasteiger partial charge in [0.15, 0.2) is 0 Å². The number of anilines is 1. The van der Waals surface area contributed by atoms with Gasteiger partial charge in [-0.05, 0) is 65.2 Å². The Balaban J connectivity index is 1.35. The van der Waals surface area contributed by atoms with Crippen molar-refractivity contribution >= 4 is 60.8 Å². The summed E-state index contributed by atoms with van der Waals surface area (Å²) in [5.74, 6) is -0.279. The van der Waals surface area contributed by atoms with E-state index in [1.54, 1.807) is 12.1 Å². The Hall–Kier alpha value is -1.79. The predicted octanol–water partition coefficient (Wildman–Crippen LogP) is 4.25. The first-order chi connectivity index (χ1) is 14.3. The molecule has 3 heterocycles. The van der Waals surface area contributed by atoms with Crippen LogP contribution in [0.5, 0.6) is 0 Å². The van der Waals surface area contributed by atoms with Gasteiger partial charge in [0.2, 0.25) is 15.9 Å². The fourth-order valence-corrected chi connectivity index (χ4v) is 6.03. The monoisotopic (exact) mass is 530 g/mol. The molecule has 0 aliphatic carbocycles. The molecule has 0 radical (unpaired) electrons. The highest BCUT2D eigenvalue weighted by molar-refractivity contribution is 9.11. The summed E-state index contributed by atoms with van der Waals surface area (Å²) < 4.78 is 33.3. The van der Waals surface area contributed by atoms with Crippen LogP contribution in [0.15, 0.2) is 49.5 Å². The number of hydrogen-bond acceptors (Lipinski definition) is 7. The van der Waals surface area contributed by atoms with Crippen molar-refractivity contribution in [2.45, 2.75) is 17.7 Å². The molecule has 0 spiro atoms. The third-order valence-electron chi connectivity index (χ3n) is 4.72. The Morgan fingerprint density at radius 1 is 1.17 bits per heavy atom. The number of nitrogens with zero attached hydrogens (tertiary/aromatic N) is 3. The van der Waals surface area contributed by atoms with Gasteiger partial charge >= 0.3 is 6.01 Å². The molecule has 0 bridgehead atoms. The van der Waals surface area contributed by atoms with Crippen LogP contribution in [0, 0.1) is 5.92 Å². The average Bonchev–Trinajstić information content (AvgIpc) is 3.37. The van der Waals surface area contributed by atoms with Gasteiger partial charge < -0.3 is 4.42 Å². The standard InChI is InChI=1S/C18H16BrClN4O4S2/c19-15-6-5-14(29-15)17-22-23-18(28-17)21-16(25)11-7-9-24(10-8-11)30(26,27)13-3-1-12(20)2-4-13/h1-6,11H,7-10H2,(H,21,23,25). The molecule has 0 atom stereocenters. The van der Waals surface area contributed by atoms with Gasteiger partial charge in [0, 0.05) is 24.0 Å². The Morgan fingerprint density at radius 3 is 2.50 bits per heavy atom. The molecule has 1 aliphatic heterocycles. The number of nitrogens with one attached hydrogen (secondary N) is 1. The molecule has 1 fully saturated rings. The van der Waals surface area contributed by atoms with Crippen LogP contribution in [0.25, 0.3) is 10.8 Å². The second-order valence-electron chi connectivity index (χ2n) is 6.64. The molecule has 12 heteroatoms. The highest BCUT2D eigenvalue weighted by Crippen LogP contribution is 2.31. The molecule has 8 nitrogen and oxygen atoms in total. The summed E-state index contributed by atoms with van der Waals surface area (Å²) in [6.07, 6.45) is 0.801. The number of hydrogen-bond donors (Lipinski definition) is 1. The molecule has 4 rings (SSSR count). The number of carbonyl (C=O) groups excluding carboxylic acids is 1. The van der Waals surface area contributed by atoms with Crippen LogP contribution in [0.2, 0.25) is 5.02 Å². The van der Waals surface area contributed by atoms with E-state index in [9.17, 15) is 13.2 Å². The van der Waals surface area contributed by atoms with Crippen molar-refractivity contribution in [2.24, 2.45) is 5.92 Å². The molecule has 2 aromatic heterocycles. The predicted molar refractivity (Wildman–Crippen MR) is 117 cm³/mol. The summed E-state index contributed by atoms with van der Waals surface area (Å²) in [7, 11) is -3.61. The highest BCUT2D eigenvalue weighted by Gasteiger charge is 2.32. The van der Waals surface area contributed by atoms with Crippen LogP contribution in [-0.2, 0) is 14.8 Å². The second kappa shape index (κ2) is 8.75. The van der Waals surface area contributed by atoms with Crippen molar-refractivity contribution < 1.29 is 17.6 Å². The number of amides is 1. The van der Waals surface area contributed by atoms with Crippen molar-refractivity contribution in [1.82, 2.24) is 14.5 Å². The molecular weight excluding hydrogens is 516 g/mol. The van der Waals surface area contributed by atoms with E-state index in [1.807, 2.05) is 12.1 Å². The van der Waals surface area contributed by atoms with Gasteiger partial charge in [-0.1, -0.05) is 16.7 Å². The van der Waals surface area contributed by atoms with Crippen LogP contribution >= 0.6 is 38.9 Å². The lowest BCUT2D eigenvalue weighted by Crippen LogP contribution is -2.41. The first kappa shape index (κ1) is 21.4. The van der Waals surface area contributed by atoms with Crippen LogP contribution in [0.3, 0.4) is 0 Å². The Bertz CT molecular complexity index is 1160. The summed E-state index contributed by atoms with van der Waals surface area (Å²) in [4.78, 5) is 13.5. The van der Waals surface area contributed by atoms with Gasteiger partial charge in [-0.15, -0.1) is 16.4 Å². The molecule has 30 heavy (non-hydrogen) atoms. The van der Waals surface area contributed by atoms with E-state index >= 15 is 0 Å². The molecule has 0 unspecified atom stereocenters. The zero-order valence-electron chi connectivity index (χ0n) is 15.4. The third kappa shape index (κ3) is 4.59. The summed E-state index contributed by atoms with van der Waals surface area (Å²) in [5, 5.41) is 10.9. The van der Waals surface area contributed by atoms with E-state index in [0.29, 0.717) is 23.8 Å². The molecule has 1 amide bonds. The fourth-order valence-electron chi connectivity index (χ4n) is 3.12. The number of aromatic nitrogens is 2. The zero-order chi connectivity index (χ0) is 21.3. The van der Waals surface area contributed by atoms with Gasteiger partial charge in [0.25, 0.3) is 5.89 Å². The quantitative estimate of drug-likeness (QED) is 0.528. The lowest BCUT2D eigenvalue weighted by molar-refractivity contribution is -0.121. The maximum absolute atomic E-state index is 12.8. The number of benzene rings is 1. The summed E-state index contributed by atoms with van der Waals surface area (Å²) in [6, 6.07) is 9.78. The van der Waals surface area contributed by atoms with Gasteiger partial charge in [0.1, 0.15) is 0 Å². The number of piperidine rings is 1. The van der Waals surface area contributed by atoms with E-state index < -0.39 is 10.0 Å². The Morgan fingerprint density at radius 2 is 1.87 bits per heavy atom. The third-order valence-corrected chi connectivity index (χ3v) is 8.49. The normalized spacial score (nSPS) is 15.9. The molecule has 158 valence electrons. The molecule has 1 saturated heterocycles. The molecule has 3 aromatic rings. The zero-order valence-corrected chi connectivity index (χ0v) is 19.4. The molecule has 1 aromatic carbocycles. The number of rotatable bonds is 5. The van der Waals surface area contributed by atoms with Crippen LogP contribution in [0.1, 0.15) is 12.8 Å². The average molecular weight is 532 g/mol. The minimum atomic E-state index is -3.61. The topological polar surface area (TPSA) is 105 Å². The van der Waals surface area contributed by atoms with Gasteiger partial charge in [0.05, 0.1) is 13.6 Å². The molecule has 1 N–H and O–H groups in total. The largest absolute Gasteiger partial charge is 0.402 e. The van der Waals surface area contributed by atoms with Crippen molar-refractivity contribution in [3.8, 4) is 10.8 Å². The van der Waals surface area contributed by atoms with Crippen LogP contribution in [-0.4, -0.2) is 41.9 Å². The first-order valence-corrected chi connectivity index (χ1v) is 12.4. The SMILES string of the molecule is O=C(Nc1nnc(-c2ccc(Br)s2)o1)C1CCN(S(=O)(=O)c2ccc(Cl)cc2)CC1. The smallest absolute Gasteiger partial charge is 0.322 e. The number of halogens is 2. The van der Waals surface area contributed by atoms with Gasteiger partial charge in [-0.3, -0.25) is 10.1 Å². The maximum atomic E-state index is 12.8. The highest BCUT2D eigenvalue weighted by atomic mass is 79.9. The summed E-state index contributed by atoms with van der Waals surface area (Å²) in [5.41, 5.74) is 0. The first-order valence-electron chi connectivity index (χ1n) is 8.99. The van der Waals surface area contributed by atoms with Crippen molar-refractivity contribution in [2.75, 3.05) is 18.4 Å². The Labute approximate surface area is 190 Å². The number of carbonyl (C=O) groups is 1. The van der Waals surface area contributed by atoms with E-state index in [1.165, 1.54) is 27.8 Å². The van der Waals surface area contributed by atoms with Crippen molar-refractivity contribution in [3.63, 3.8) is 0 Å². The van der Waals surface area contributed by atoms with E-state index in [0.717, 1.165) is 8.66 Å². The lowest BCUT2D eigenvalue weighted by atomic mass is 9.97. The minimum Gasteiger partial charge on any atom is -0.402 e. The lowest BCUT2D eigenvalue weighted by Gasteiger charge is -2.30. The molecule has 1 aliphatic rings. The van der Waals surface area contributed by atoms with Crippen molar-refractivity contribution in [3.05, 3.63) is 45.2 Å². The van der Waals surface area contributed by atoms with Crippen LogP contribution in [0.4, 0.5) is 6.01 Å². The second-order valence-corrected chi connectivity index (χ2v) is 11.5. The Kier molecular flexibility index (Phi) is 6.26. The minimum absolute atomic E-state index is 0.0238. The van der Waals surface area contributed by atoms with Crippen molar-refractivity contribution in [1.29, 1.82) is 0 Å². The van der Waals surface area contributed by atoms with Crippen LogP contribution < -0.4 is 5.32 Å². The number of thiophene rings is 1. The summed E-state index contributed by atoms with van der Waals surface area (Å²) in [6.45, 7) is 0.503. The maximum Gasteiger partial charge on any atom is 0.322 e. The van der Waals surface area contributed by atoms with E-state index in [4.69, 9.17) is 16.0 Å². The summed E-state index contributed by atoms with van der Waals surface area (Å²) >= 11 is 10.6. The molecule has 0 saturated carbocycles.